The summed E-state index contributed by atoms with van der Waals surface area (Å²) in [5.41, 5.74) is 1.69. The Balaban J connectivity index is 2.61. The van der Waals surface area contributed by atoms with Crippen LogP contribution in [-0.2, 0) is 4.18 Å². The van der Waals surface area contributed by atoms with Crippen molar-refractivity contribution >= 4 is 12.0 Å². The van der Waals surface area contributed by atoms with Crippen molar-refractivity contribution in [3.8, 4) is 0 Å². The maximum atomic E-state index is 5.11. The second-order valence-electron chi connectivity index (χ2n) is 3.25. The molecule has 9 heavy (non-hydrogen) atoms. The zero-order chi connectivity index (χ0) is 6.91. The minimum absolute atomic E-state index is 0.295. The third-order valence-electron chi connectivity index (χ3n) is 1.44. The highest BCUT2D eigenvalue weighted by Gasteiger charge is 2.20. The van der Waals surface area contributed by atoms with E-state index in [4.69, 9.17) is 4.18 Å². The van der Waals surface area contributed by atoms with Gasteiger partial charge in [-0.15, -0.1) is 0 Å². The van der Waals surface area contributed by atoms with Gasteiger partial charge in [0.1, 0.15) is 0 Å². The molecule has 1 aliphatic heterocycles. The Bertz CT molecular complexity index is 132. The number of rotatable bonds is 0. The van der Waals surface area contributed by atoms with Crippen molar-refractivity contribution < 1.29 is 4.18 Å². The molecule has 52 valence electrons. The summed E-state index contributed by atoms with van der Waals surface area (Å²) in [6, 6.07) is 0. The van der Waals surface area contributed by atoms with E-state index in [1.54, 1.807) is 0 Å². The molecule has 0 N–H and O–H groups in total. The van der Waals surface area contributed by atoms with Crippen LogP contribution in [0.3, 0.4) is 0 Å². The summed E-state index contributed by atoms with van der Waals surface area (Å²) in [4.78, 5) is 0. The van der Waals surface area contributed by atoms with Crippen molar-refractivity contribution in [2.45, 2.75) is 20.8 Å². The molecule has 0 fully saturated rings. The van der Waals surface area contributed by atoms with Gasteiger partial charge in [-0.1, -0.05) is 20.8 Å². The predicted octanol–water partition coefficient (Wildman–Crippen LogP) is 2.59. The fourth-order valence-corrected chi connectivity index (χ4v) is 1.42. The second-order valence-corrected chi connectivity index (χ2v) is 3.92. The first-order valence-corrected chi connectivity index (χ1v) is 3.89. The molecule has 0 aromatic carbocycles. The Morgan fingerprint density at radius 1 is 1.56 bits per heavy atom. The maximum absolute atomic E-state index is 5.11. The normalized spacial score (nSPS) is 20.1. The topological polar surface area (TPSA) is 9.23 Å². The molecule has 1 aliphatic rings. The summed E-state index contributed by atoms with van der Waals surface area (Å²) in [5.74, 6) is 0. The Kier molecular flexibility index (Phi) is 1.87. The van der Waals surface area contributed by atoms with E-state index in [9.17, 15) is 0 Å². The molecular formula is C7H12OS. The van der Waals surface area contributed by atoms with E-state index in [2.05, 4.69) is 26.2 Å². The molecule has 0 radical (unpaired) electrons. The Morgan fingerprint density at radius 3 is 2.44 bits per heavy atom. The Hall–Kier alpha value is 0.0500. The minimum atomic E-state index is 0.295. The molecule has 1 rings (SSSR count). The predicted molar refractivity (Wildman–Crippen MR) is 41.1 cm³/mol. The van der Waals surface area contributed by atoms with E-state index >= 15 is 0 Å². The van der Waals surface area contributed by atoms with E-state index in [-0.39, 0.29) is 0 Å². The summed E-state index contributed by atoms with van der Waals surface area (Å²) in [5, 5.41) is 2.10. The van der Waals surface area contributed by atoms with Gasteiger partial charge in [0.05, 0.1) is 6.61 Å². The standard InChI is InChI=1S/C7H12OS/c1-7(2,3)6-4-8-9-5-6/h5H,4H2,1-3H3. The third-order valence-corrected chi connectivity index (χ3v) is 2.07. The lowest BCUT2D eigenvalue weighted by molar-refractivity contribution is 0.374. The SMILES string of the molecule is CC(C)(C)C1=CSOC1. The van der Waals surface area contributed by atoms with Gasteiger partial charge in [-0.3, -0.25) is 0 Å². The quantitative estimate of drug-likeness (QED) is 0.483. The second kappa shape index (κ2) is 2.35. The van der Waals surface area contributed by atoms with Crippen molar-refractivity contribution in [2.75, 3.05) is 6.61 Å². The van der Waals surface area contributed by atoms with Crippen LogP contribution in [-0.4, -0.2) is 6.61 Å². The van der Waals surface area contributed by atoms with Crippen molar-refractivity contribution in [3.05, 3.63) is 11.0 Å². The molecule has 0 saturated carbocycles. The minimum Gasteiger partial charge on any atom is -0.306 e. The van der Waals surface area contributed by atoms with Crippen LogP contribution in [0.1, 0.15) is 20.8 Å². The smallest absolute Gasteiger partial charge is 0.0842 e. The average molecular weight is 144 g/mol. The van der Waals surface area contributed by atoms with Crippen LogP contribution in [0.2, 0.25) is 0 Å². The first kappa shape index (κ1) is 7.16. The first-order chi connectivity index (χ1) is 4.11. The van der Waals surface area contributed by atoms with Gasteiger partial charge in [0.15, 0.2) is 0 Å². The van der Waals surface area contributed by atoms with Crippen molar-refractivity contribution in [2.24, 2.45) is 5.41 Å². The number of hydrogen-bond acceptors (Lipinski definition) is 2. The molecule has 0 aromatic rings. The highest BCUT2D eigenvalue weighted by atomic mass is 32.2. The lowest BCUT2D eigenvalue weighted by Gasteiger charge is -2.18. The summed E-state index contributed by atoms with van der Waals surface area (Å²) in [6.07, 6.45) is 0. The van der Waals surface area contributed by atoms with Gasteiger partial charge in [-0.2, -0.15) is 0 Å². The van der Waals surface area contributed by atoms with Gasteiger partial charge in [-0.25, -0.2) is 0 Å². The van der Waals surface area contributed by atoms with Crippen molar-refractivity contribution in [3.63, 3.8) is 0 Å². The van der Waals surface area contributed by atoms with E-state index in [0.717, 1.165) is 6.61 Å². The molecule has 0 spiro atoms. The fraction of sp³-hybridized carbons (Fsp3) is 0.714. The van der Waals surface area contributed by atoms with Crippen molar-refractivity contribution in [1.29, 1.82) is 0 Å². The van der Waals surface area contributed by atoms with Gasteiger partial charge in [0.2, 0.25) is 0 Å². The monoisotopic (exact) mass is 144 g/mol. The lowest BCUT2D eigenvalue weighted by Crippen LogP contribution is -2.10. The van der Waals surface area contributed by atoms with Crippen LogP contribution in [0.5, 0.6) is 0 Å². The molecule has 0 unspecified atom stereocenters. The van der Waals surface area contributed by atoms with Gasteiger partial charge >= 0.3 is 0 Å². The van der Waals surface area contributed by atoms with Crippen LogP contribution in [0.15, 0.2) is 11.0 Å². The largest absolute Gasteiger partial charge is 0.306 e. The van der Waals surface area contributed by atoms with Crippen LogP contribution < -0.4 is 0 Å². The lowest BCUT2D eigenvalue weighted by atomic mass is 9.88. The molecule has 0 aromatic heterocycles. The molecule has 0 amide bonds. The summed E-state index contributed by atoms with van der Waals surface area (Å²) in [6.45, 7) is 7.41. The van der Waals surface area contributed by atoms with Crippen LogP contribution >= 0.6 is 12.0 Å². The third kappa shape index (κ3) is 1.73. The van der Waals surface area contributed by atoms with Gasteiger partial charge < -0.3 is 4.18 Å². The van der Waals surface area contributed by atoms with Gasteiger partial charge in [0, 0.05) is 17.5 Å². The van der Waals surface area contributed by atoms with E-state index in [1.807, 2.05) is 0 Å². The Labute approximate surface area is 60.7 Å². The molecular weight excluding hydrogens is 132 g/mol. The molecule has 2 heteroatoms. The highest BCUT2D eigenvalue weighted by Crippen LogP contribution is 2.32. The van der Waals surface area contributed by atoms with Gasteiger partial charge in [-0.05, 0) is 11.0 Å². The highest BCUT2D eigenvalue weighted by molar-refractivity contribution is 7.97. The van der Waals surface area contributed by atoms with Gasteiger partial charge in [0.25, 0.3) is 0 Å². The van der Waals surface area contributed by atoms with Crippen LogP contribution in [0.25, 0.3) is 0 Å². The van der Waals surface area contributed by atoms with Crippen molar-refractivity contribution in [1.82, 2.24) is 0 Å². The van der Waals surface area contributed by atoms with Crippen LogP contribution in [0.4, 0.5) is 0 Å². The molecule has 0 atom stereocenters. The first-order valence-electron chi connectivity index (χ1n) is 3.08. The number of hydrogen-bond donors (Lipinski definition) is 0. The van der Waals surface area contributed by atoms with E-state index < -0.39 is 0 Å². The summed E-state index contributed by atoms with van der Waals surface area (Å²) >= 11 is 1.45. The van der Waals surface area contributed by atoms with E-state index in [1.165, 1.54) is 17.6 Å². The summed E-state index contributed by atoms with van der Waals surface area (Å²) < 4.78 is 5.11. The fourth-order valence-electron chi connectivity index (χ4n) is 0.617. The molecule has 0 bridgehead atoms. The zero-order valence-electron chi connectivity index (χ0n) is 6.10. The van der Waals surface area contributed by atoms with Crippen LogP contribution in [0, 0.1) is 5.41 Å². The molecule has 1 nitrogen and oxygen atoms in total. The summed E-state index contributed by atoms with van der Waals surface area (Å²) in [7, 11) is 0. The molecule has 0 aliphatic carbocycles. The maximum Gasteiger partial charge on any atom is 0.0842 e. The Morgan fingerprint density at radius 2 is 2.22 bits per heavy atom. The zero-order valence-corrected chi connectivity index (χ0v) is 6.92. The van der Waals surface area contributed by atoms with E-state index in [0.29, 0.717) is 5.41 Å². The molecule has 0 saturated heterocycles. The average Bonchev–Trinajstić information content (AvgIpc) is 2.08. The molecule has 1 heterocycles.